The molecule has 5 heteroatoms. The molecule has 0 aliphatic rings. The summed E-state index contributed by atoms with van der Waals surface area (Å²) in [5, 5.41) is 5.58. The number of carbonyl (C=O) groups is 1. The molecule has 76 valence electrons. The predicted octanol–water partition coefficient (Wildman–Crippen LogP) is -0.676. The Hall–Kier alpha value is -1.62. The van der Waals surface area contributed by atoms with Gasteiger partial charge in [0.05, 0.1) is 0 Å². The number of hydrogen-bond acceptors (Lipinski definition) is 3. The number of H-pyrrole nitrogens is 1. The van der Waals surface area contributed by atoms with Gasteiger partial charge in [-0.05, 0) is 13.1 Å². The van der Waals surface area contributed by atoms with Gasteiger partial charge in [-0.15, -0.1) is 0 Å². The van der Waals surface area contributed by atoms with Crippen LogP contribution in [0.3, 0.4) is 0 Å². The lowest BCUT2D eigenvalue weighted by Gasteiger charge is -2.03. The van der Waals surface area contributed by atoms with Crippen molar-refractivity contribution in [2.24, 2.45) is 0 Å². The van der Waals surface area contributed by atoms with Crippen LogP contribution in [-0.2, 0) is 0 Å². The predicted molar refractivity (Wildman–Crippen MR) is 53.3 cm³/mol. The maximum Gasteiger partial charge on any atom is 0.251 e. The first-order chi connectivity index (χ1) is 6.74. The molecule has 0 unspecified atom stereocenters. The van der Waals surface area contributed by atoms with Crippen molar-refractivity contribution < 1.29 is 4.79 Å². The monoisotopic (exact) mass is 195 g/mol. The van der Waals surface area contributed by atoms with Gasteiger partial charge in [-0.25, -0.2) is 0 Å². The van der Waals surface area contributed by atoms with Crippen LogP contribution in [-0.4, -0.2) is 31.0 Å². The molecule has 14 heavy (non-hydrogen) atoms. The van der Waals surface area contributed by atoms with Gasteiger partial charge in [0, 0.05) is 30.9 Å². The number of nitrogens with one attached hydrogen (secondary N) is 3. The van der Waals surface area contributed by atoms with Gasteiger partial charge in [0.15, 0.2) is 0 Å². The van der Waals surface area contributed by atoms with Crippen LogP contribution in [0, 0.1) is 0 Å². The van der Waals surface area contributed by atoms with Gasteiger partial charge in [-0.3, -0.25) is 9.59 Å². The molecule has 0 saturated heterocycles. The summed E-state index contributed by atoms with van der Waals surface area (Å²) in [6.07, 6.45) is 1.45. The lowest BCUT2D eigenvalue weighted by molar-refractivity contribution is 0.0954. The van der Waals surface area contributed by atoms with Gasteiger partial charge in [-0.2, -0.15) is 0 Å². The summed E-state index contributed by atoms with van der Waals surface area (Å²) < 4.78 is 0. The van der Waals surface area contributed by atoms with Crippen molar-refractivity contribution in [3.8, 4) is 0 Å². The number of aromatic nitrogens is 1. The molecular formula is C9H13N3O2. The van der Waals surface area contributed by atoms with E-state index in [1.54, 1.807) is 13.1 Å². The van der Waals surface area contributed by atoms with Crippen molar-refractivity contribution in [2.45, 2.75) is 0 Å². The quantitative estimate of drug-likeness (QED) is 0.557. The molecule has 0 bridgehead atoms. The fraction of sp³-hybridized carbons (Fsp3) is 0.333. The van der Waals surface area contributed by atoms with E-state index in [1.807, 2.05) is 0 Å². The molecule has 0 spiro atoms. The molecule has 5 nitrogen and oxygen atoms in total. The molecule has 1 aromatic heterocycles. The average Bonchev–Trinajstić information content (AvgIpc) is 2.18. The van der Waals surface area contributed by atoms with Crippen LogP contribution in [0.5, 0.6) is 0 Å². The molecule has 0 aromatic carbocycles. The molecule has 1 aromatic rings. The van der Waals surface area contributed by atoms with E-state index < -0.39 is 0 Å². The lowest BCUT2D eigenvalue weighted by atomic mass is 10.2. The molecule has 0 radical (unpaired) electrons. The highest BCUT2D eigenvalue weighted by Crippen LogP contribution is 1.91. The Morgan fingerprint density at radius 1 is 1.50 bits per heavy atom. The largest absolute Gasteiger partial charge is 0.351 e. The maximum absolute atomic E-state index is 11.4. The molecule has 0 aliphatic heterocycles. The van der Waals surface area contributed by atoms with Crippen molar-refractivity contribution in [3.05, 3.63) is 34.2 Å². The normalized spacial score (nSPS) is 9.79. The Labute approximate surface area is 81.5 Å². The fourth-order valence-corrected chi connectivity index (χ4v) is 0.989. The molecule has 0 atom stereocenters. The van der Waals surface area contributed by atoms with Crippen LogP contribution in [0.2, 0.25) is 0 Å². The second kappa shape index (κ2) is 5.18. The van der Waals surface area contributed by atoms with E-state index in [0.29, 0.717) is 18.7 Å². The molecule has 0 aliphatic carbocycles. The minimum absolute atomic E-state index is 0.230. The SMILES string of the molecule is CNCCNC(=O)c1cc[nH]c(=O)c1. The second-order valence-electron chi connectivity index (χ2n) is 2.80. The van der Waals surface area contributed by atoms with E-state index in [2.05, 4.69) is 15.6 Å². The number of carbonyl (C=O) groups excluding carboxylic acids is 1. The molecule has 0 saturated carbocycles. The fourth-order valence-electron chi connectivity index (χ4n) is 0.989. The Balaban J connectivity index is 2.56. The van der Waals surface area contributed by atoms with E-state index >= 15 is 0 Å². The van der Waals surface area contributed by atoms with E-state index in [-0.39, 0.29) is 11.5 Å². The van der Waals surface area contributed by atoms with Crippen molar-refractivity contribution in [2.75, 3.05) is 20.1 Å². The lowest BCUT2D eigenvalue weighted by Crippen LogP contribution is -2.30. The molecular weight excluding hydrogens is 182 g/mol. The maximum atomic E-state index is 11.4. The molecule has 1 rings (SSSR count). The van der Waals surface area contributed by atoms with Crippen molar-refractivity contribution >= 4 is 5.91 Å². The third-order valence-electron chi connectivity index (χ3n) is 1.70. The average molecular weight is 195 g/mol. The molecule has 1 heterocycles. The van der Waals surface area contributed by atoms with Crippen molar-refractivity contribution in [3.63, 3.8) is 0 Å². The number of rotatable bonds is 4. The zero-order valence-corrected chi connectivity index (χ0v) is 7.96. The zero-order valence-electron chi connectivity index (χ0n) is 7.96. The minimum atomic E-state index is -0.272. The van der Waals surface area contributed by atoms with Crippen LogP contribution in [0.25, 0.3) is 0 Å². The number of pyridine rings is 1. The zero-order chi connectivity index (χ0) is 10.4. The van der Waals surface area contributed by atoms with Gasteiger partial charge < -0.3 is 15.6 Å². The highest BCUT2D eigenvalue weighted by atomic mass is 16.2. The van der Waals surface area contributed by atoms with E-state index in [0.717, 1.165) is 0 Å². The van der Waals surface area contributed by atoms with Crippen molar-refractivity contribution in [1.29, 1.82) is 0 Å². The molecule has 3 N–H and O–H groups in total. The topological polar surface area (TPSA) is 74.0 Å². The Morgan fingerprint density at radius 3 is 2.93 bits per heavy atom. The third-order valence-corrected chi connectivity index (χ3v) is 1.70. The number of aromatic amines is 1. The second-order valence-corrected chi connectivity index (χ2v) is 2.80. The van der Waals surface area contributed by atoms with Gasteiger partial charge in [0.2, 0.25) is 5.56 Å². The first kappa shape index (κ1) is 10.5. The van der Waals surface area contributed by atoms with Gasteiger partial charge >= 0.3 is 0 Å². The summed E-state index contributed by atoms with van der Waals surface area (Å²) in [6, 6.07) is 2.84. The smallest absolute Gasteiger partial charge is 0.251 e. The Kier molecular flexibility index (Phi) is 3.87. The standard InChI is InChI=1S/C9H13N3O2/c1-10-4-5-12-9(14)7-2-3-11-8(13)6-7/h2-3,6,10H,4-5H2,1H3,(H,11,13)(H,12,14). The Bertz CT molecular complexity index is 359. The summed E-state index contributed by atoms with van der Waals surface area (Å²) in [5.41, 5.74) is 0.108. The highest BCUT2D eigenvalue weighted by molar-refractivity contribution is 5.93. The highest BCUT2D eigenvalue weighted by Gasteiger charge is 2.03. The summed E-state index contributed by atoms with van der Waals surface area (Å²) in [7, 11) is 1.80. The summed E-state index contributed by atoms with van der Waals surface area (Å²) >= 11 is 0. The number of likely N-dealkylation sites (N-methyl/N-ethyl adjacent to an activating group) is 1. The van der Waals surface area contributed by atoms with E-state index in [4.69, 9.17) is 0 Å². The van der Waals surface area contributed by atoms with E-state index in [9.17, 15) is 9.59 Å². The molecule has 0 fully saturated rings. The number of amides is 1. The van der Waals surface area contributed by atoms with Crippen molar-refractivity contribution in [1.82, 2.24) is 15.6 Å². The Morgan fingerprint density at radius 2 is 2.29 bits per heavy atom. The van der Waals surface area contributed by atoms with Crippen LogP contribution >= 0.6 is 0 Å². The number of hydrogen-bond donors (Lipinski definition) is 3. The molecule has 1 amide bonds. The van der Waals surface area contributed by atoms with Gasteiger partial charge in [0.1, 0.15) is 0 Å². The third kappa shape index (κ3) is 3.02. The van der Waals surface area contributed by atoms with E-state index in [1.165, 1.54) is 12.3 Å². The first-order valence-corrected chi connectivity index (χ1v) is 4.35. The summed E-state index contributed by atoms with van der Waals surface area (Å²) in [4.78, 5) is 24.7. The van der Waals surface area contributed by atoms with Gasteiger partial charge in [0.25, 0.3) is 5.91 Å². The van der Waals surface area contributed by atoms with Crippen LogP contribution in [0.4, 0.5) is 0 Å². The van der Waals surface area contributed by atoms with Crippen LogP contribution < -0.4 is 16.2 Å². The van der Waals surface area contributed by atoms with Crippen LogP contribution in [0.1, 0.15) is 10.4 Å². The summed E-state index contributed by atoms with van der Waals surface area (Å²) in [5.74, 6) is -0.230. The summed E-state index contributed by atoms with van der Waals surface area (Å²) in [6.45, 7) is 1.25. The van der Waals surface area contributed by atoms with Crippen LogP contribution in [0.15, 0.2) is 23.1 Å². The minimum Gasteiger partial charge on any atom is -0.351 e. The van der Waals surface area contributed by atoms with Gasteiger partial charge in [-0.1, -0.05) is 0 Å². The first-order valence-electron chi connectivity index (χ1n) is 4.35.